The number of amides is 1. The fourth-order valence-electron chi connectivity index (χ4n) is 5.66. The van der Waals surface area contributed by atoms with E-state index in [1.165, 1.54) is 17.3 Å². The summed E-state index contributed by atoms with van der Waals surface area (Å²) in [6.07, 6.45) is 4.51. The molecule has 0 saturated carbocycles. The van der Waals surface area contributed by atoms with E-state index in [-0.39, 0.29) is 23.1 Å². The SMILES string of the molecule is CCCn1c(N2CCN(Cc3ccccc3)CC2)c(/C=C2/SC(=S)N(CC3CCCO3)C2=O)c(C)c(C#N)c1=O. The number of benzene rings is 1. The van der Waals surface area contributed by atoms with Crippen LogP contribution in [0.15, 0.2) is 40.0 Å². The molecule has 1 aromatic carbocycles. The zero-order valence-electron chi connectivity index (χ0n) is 23.1. The van der Waals surface area contributed by atoms with Crippen molar-refractivity contribution in [2.75, 3.05) is 44.2 Å². The van der Waals surface area contributed by atoms with Gasteiger partial charge in [0.05, 0.1) is 17.6 Å². The molecular formula is C30H35N5O3S2. The normalized spacial score (nSPS) is 21.0. The Hall–Kier alpha value is -2.97. The highest BCUT2D eigenvalue weighted by Gasteiger charge is 2.35. The van der Waals surface area contributed by atoms with Gasteiger partial charge in [0, 0.05) is 51.4 Å². The van der Waals surface area contributed by atoms with Gasteiger partial charge in [-0.05, 0) is 43.4 Å². The summed E-state index contributed by atoms with van der Waals surface area (Å²) in [5.41, 5.74) is 2.48. The Morgan fingerprint density at radius 3 is 2.58 bits per heavy atom. The van der Waals surface area contributed by atoms with E-state index in [2.05, 4.69) is 40.1 Å². The highest BCUT2D eigenvalue weighted by Crippen LogP contribution is 2.36. The third kappa shape index (κ3) is 5.88. The molecule has 1 aromatic heterocycles. The van der Waals surface area contributed by atoms with Gasteiger partial charge < -0.3 is 9.64 Å². The lowest BCUT2D eigenvalue weighted by Crippen LogP contribution is -2.48. The number of aromatic nitrogens is 1. The summed E-state index contributed by atoms with van der Waals surface area (Å²) < 4.78 is 8.00. The van der Waals surface area contributed by atoms with Gasteiger partial charge in [-0.1, -0.05) is 61.2 Å². The number of hydrogen-bond donors (Lipinski definition) is 0. The highest BCUT2D eigenvalue weighted by atomic mass is 32.2. The number of hydrogen-bond acceptors (Lipinski definition) is 8. The number of carbonyl (C=O) groups is 1. The predicted octanol–water partition coefficient (Wildman–Crippen LogP) is 4.14. The number of pyridine rings is 1. The van der Waals surface area contributed by atoms with Crippen LogP contribution in [0.4, 0.5) is 5.82 Å². The molecule has 3 aliphatic heterocycles. The number of thioether (sulfide) groups is 1. The van der Waals surface area contributed by atoms with Crippen LogP contribution < -0.4 is 10.5 Å². The van der Waals surface area contributed by atoms with Gasteiger partial charge in [-0.2, -0.15) is 5.26 Å². The van der Waals surface area contributed by atoms with Crippen LogP contribution in [0.25, 0.3) is 6.08 Å². The summed E-state index contributed by atoms with van der Waals surface area (Å²) in [6, 6.07) is 12.6. The third-order valence-electron chi connectivity index (χ3n) is 7.77. The maximum absolute atomic E-state index is 13.5. The molecule has 1 unspecified atom stereocenters. The summed E-state index contributed by atoms with van der Waals surface area (Å²) in [6.45, 7) is 9.54. The lowest BCUT2D eigenvalue weighted by molar-refractivity contribution is -0.123. The van der Waals surface area contributed by atoms with Crippen molar-refractivity contribution < 1.29 is 9.53 Å². The molecule has 1 amide bonds. The van der Waals surface area contributed by atoms with Crippen LogP contribution in [0.1, 0.15) is 48.4 Å². The Bertz CT molecular complexity index is 1400. The minimum absolute atomic E-state index is 0.00276. The second kappa shape index (κ2) is 12.7. The minimum atomic E-state index is -0.272. The second-order valence-corrected chi connectivity index (χ2v) is 12.2. The van der Waals surface area contributed by atoms with Crippen LogP contribution in [0.5, 0.6) is 0 Å². The topological polar surface area (TPSA) is 81.8 Å². The van der Waals surface area contributed by atoms with Crippen molar-refractivity contribution in [3.8, 4) is 6.07 Å². The smallest absolute Gasteiger partial charge is 0.270 e. The summed E-state index contributed by atoms with van der Waals surface area (Å²) in [4.78, 5) is 33.8. The Balaban J connectivity index is 1.48. The van der Waals surface area contributed by atoms with Crippen LogP contribution in [0.2, 0.25) is 0 Å². The number of piperazine rings is 1. The first-order chi connectivity index (χ1) is 19.4. The molecular weight excluding hydrogens is 542 g/mol. The monoisotopic (exact) mass is 577 g/mol. The van der Waals surface area contributed by atoms with Gasteiger partial charge in [0.1, 0.15) is 21.8 Å². The number of anilines is 1. The van der Waals surface area contributed by atoms with Gasteiger partial charge in [-0.3, -0.25) is 24.0 Å². The average Bonchev–Trinajstić information content (AvgIpc) is 3.57. The summed E-state index contributed by atoms with van der Waals surface area (Å²) in [5.74, 6) is 0.641. The lowest BCUT2D eigenvalue weighted by Gasteiger charge is -2.38. The van der Waals surface area contributed by atoms with Crippen LogP contribution in [0, 0.1) is 18.3 Å². The van der Waals surface area contributed by atoms with Gasteiger partial charge in [0.2, 0.25) is 0 Å². The van der Waals surface area contributed by atoms with Crippen molar-refractivity contribution in [1.82, 2.24) is 14.4 Å². The van der Waals surface area contributed by atoms with Crippen molar-refractivity contribution >= 4 is 46.1 Å². The molecule has 1 atom stereocenters. The van der Waals surface area contributed by atoms with Gasteiger partial charge in [0.15, 0.2) is 0 Å². The molecule has 5 rings (SSSR count). The molecule has 0 aliphatic carbocycles. The number of thiocarbonyl (C=S) groups is 1. The quantitative estimate of drug-likeness (QED) is 0.342. The van der Waals surface area contributed by atoms with E-state index < -0.39 is 0 Å². The molecule has 10 heteroatoms. The highest BCUT2D eigenvalue weighted by molar-refractivity contribution is 8.26. The molecule has 0 radical (unpaired) electrons. The minimum Gasteiger partial charge on any atom is -0.376 e. The third-order valence-corrected chi connectivity index (χ3v) is 9.15. The van der Waals surface area contributed by atoms with Gasteiger partial charge >= 0.3 is 0 Å². The molecule has 8 nitrogen and oxygen atoms in total. The zero-order valence-corrected chi connectivity index (χ0v) is 24.7. The molecule has 40 heavy (non-hydrogen) atoms. The Morgan fingerprint density at radius 2 is 1.93 bits per heavy atom. The van der Waals surface area contributed by atoms with E-state index in [9.17, 15) is 14.9 Å². The molecule has 2 aromatic rings. The van der Waals surface area contributed by atoms with Crippen LogP contribution in [0.3, 0.4) is 0 Å². The molecule has 0 spiro atoms. The Labute approximate surface area is 245 Å². The number of nitriles is 1. The summed E-state index contributed by atoms with van der Waals surface area (Å²) in [5, 5.41) is 9.93. The van der Waals surface area contributed by atoms with Gasteiger partial charge in [-0.25, -0.2) is 0 Å². The maximum Gasteiger partial charge on any atom is 0.270 e. The molecule has 3 fully saturated rings. The first-order valence-electron chi connectivity index (χ1n) is 14.0. The van der Waals surface area contributed by atoms with Crippen molar-refractivity contribution in [3.63, 3.8) is 0 Å². The molecule has 3 aliphatic rings. The van der Waals surface area contributed by atoms with E-state index >= 15 is 0 Å². The Kier molecular flexibility index (Phi) is 9.06. The van der Waals surface area contributed by atoms with Crippen LogP contribution in [-0.2, 0) is 22.6 Å². The zero-order chi connectivity index (χ0) is 28.2. The molecule has 0 bridgehead atoms. The number of nitrogens with zero attached hydrogens (tertiary/aromatic N) is 5. The standard InChI is InChI=1S/C30H35N5O3S2/c1-3-11-34-27(33-14-12-32(13-15-33)19-22-8-5-4-6-9-22)24(21(2)25(18-31)28(34)36)17-26-29(37)35(30(39)40-26)20-23-10-7-16-38-23/h4-6,8-9,17,23H,3,7,10-16,19-20H2,1-2H3/b26-17+. The maximum atomic E-state index is 13.5. The van der Waals surface area contributed by atoms with E-state index in [0.717, 1.165) is 63.4 Å². The summed E-state index contributed by atoms with van der Waals surface area (Å²) >= 11 is 6.87. The molecule has 0 N–H and O–H groups in total. The van der Waals surface area contributed by atoms with Crippen molar-refractivity contribution in [2.45, 2.75) is 52.3 Å². The second-order valence-electron chi connectivity index (χ2n) is 10.5. The van der Waals surface area contributed by atoms with Crippen molar-refractivity contribution in [3.05, 3.63) is 67.8 Å². The lowest BCUT2D eigenvalue weighted by atomic mass is 10.0. The first kappa shape index (κ1) is 28.6. The number of ether oxygens (including phenoxy) is 1. The summed E-state index contributed by atoms with van der Waals surface area (Å²) in [7, 11) is 0. The van der Waals surface area contributed by atoms with Crippen LogP contribution in [-0.4, -0.2) is 70.0 Å². The average molecular weight is 578 g/mol. The van der Waals surface area contributed by atoms with E-state index in [1.54, 1.807) is 9.47 Å². The van der Waals surface area contributed by atoms with Crippen molar-refractivity contribution in [2.24, 2.45) is 0 Å². The number of rotatable bonds is 8. The fourth-order valence-corrected chi connectivity index (χ4v) is 6.91. The van der Waals surface area contributed by atoms with E-state index in [1.807, 2.05) is 26.0 Å². The molecule has 210 valence electrons. The predicted molar refractivity (Wildman–Crippen MR) is 163 cm³/mol. The largest absolute Gasteiger partial charge is 0.376 e. The van der Waals surface area contributed by atoms with Crippen molar-refractivity contribution in [1.29, 1.82) is 5.26 Å². The molecule has 4 heterocycles. The fraction of sp³-hybridized carbons (Fsp3) is 0.467. The van der Waals surface area contributed by atoms with Crippen LogP contribution >= 0.6 is 24.0 Å². The van der Waals surface area contributed by atoms with E-state index in [4.69, 9.17) is 17.0 Å². The van der Waals surface area contributed by atoms with Gasteiger partial charge in [-0.15, -0.1) is 0 Å². The first-order valence-corrected chi connectivity index (χ1v) is 15.2. The van der Waals surface area contributed by atoms with E-state index in [0.29, 0.717) is 34.5 Å². The molecule has 3 saturated heterocycles. The Morgan fingerprint density at radius 1 is 1.18 bits per heavy atom. The number of carbonyl (C=O) groups excluding carboxylic acids is 1. The van der Waals surface area contributed by atoms with Gasteiger partial charge in [0.25, 0.3) is 11.5 Å².